The highest BCUT2D eigenvalue weighted by Crippen LogP contribution is 2.26. The highest BCUT2D eigenvalue weighted by molar-refractivity contribution is 7.13. The van der Waals surface area contributed by atoms with Crippen LogP contribution < -0.4 is 10.1 Å². The first-order valence-electron chi connectivity index (χ1n) is 8.17. The van der Waals surface area contributed by atoms with Crippen molar-refractivity contribution in [1.29, 1.82) is 0 Å². The summed E-state index contributed by atoms with van der Waals surface area (Å²) in [7, 11) is 1.63. The van der Waals surface area contributed by atoms with Crippen LogP contribution in [0.2, 0.25) is 0 Å². The number of hydrogen-bond donors (Lipinski definition) is 2. The van der Waals surface area contributed by atoms with E-state index in [1.165, 1.54) is 0 Å². The Morgan fingerprint density at radius 3 is 3.00 bits per heavy atom. The number of nitrogens with zero attached hydrogens (tertiary/aromatic N) is 1. The monoisotopic (exact) mass is 363 g/mol. The normalized spacial score (nSPS) is 10.8. The fraction of sp³-hybridized carbons (Fsp3) is 0.100. The molecule has 0 atom stereocenters. The van der Waals surface area contributed by atoms with Crippen molar-refractivity contribution in [1.82, 2.24) is 9.97 Å². The first-order chi connectivity index (χ1) is 12.7. The molecule has 2 aromatic carbocycles. The molecular weight excluding hydrogens is 346 g/mol. The third-order valence-corrected chi connectivity index (χ3v) is 4.97. The molecule has 26 heavy (non-hydrogen) atoms. The van der Waals surface area contributed by atoms with Crippen molar-refractivity contribution in [3.63, 3.8) is 0 Å². The quantitative estimate of drug-likeness (QED) is 0.549. The lowest BCUT2D eigenvalue weighted by Gasteiger charge is -2.07. The summed E-state index contributed by atoms with van der Waals surface area (Å²) >= 11 is 1.57. The maximum atomic E-state index is 12.5. The van der Waals surface area contributed by atoms with Gasteiger partial charge in [-0.1, -0.05) is 12.1 Å². The Hall–Kier alpha value is -3.12. The fourth-order valence-electron chi connectivity index (χ4n) is 2.90. The molecule has 0 radical (unpaired) electrons. The van der Waals surface area contributed by atoms with Crippen LogP contribution in [0.15, 0.2) is 60.2 Å². The minimum Gasteiger partial charge on any atom is -0.497 e. The Morgan fingerprint density at radius 1 is 1.27 bits per heavy atom. The fourth-order valence-corrected chi connectivity index (χ4v) is 3.54. The summed E-state index contributed by atoms with van der Waals surface area (Å²) in [6.07, 6.45) is 3.93. The number of fused-ring (bicyclic) bond motifs is 1. The number of rotatable bonds is 5. The number of amides is 1. The van der Waals surface area contributed by atoms with Gasteiger partial charge in [0.25, 0.3) is 0 Å². The van der Waals surface area contributed by atoms with E-state index in [-0.39, 0.29) is 12.3 Å². The molecule has 2 heterocycles. The average Bonchev–Trinajstić information content (AvgIpc) is 3.32. The van der Waals surface area contributed by atoms with E-state index >= 15 is 0 Å². The predicted molar refractivity (Wildman–Crippen MR) is 105 cm³/mol. The Balaban J connectivity index is 1.52. The molecule has 6 heteroatoms. The standard InChI is InChI=1S/C20H17N3O2S/c1-25-16-5-6-18-17(11-16)14(12-22-18)10-19(24)23-15-4-2-3-13(9-15)20-21-7-8-26-20/h2-9,11-12,22H,10H2,1H3,(H,23,24). The molecule has 0 aliphatic rings. The molecule has 0 unspecified atom stereocenters. The van der Waals surface area contributed by atoms with Crippen molar-refractivity contribution < 1.29 is 9.53 Å². The Kier molecular flexibility index (Phi) is 4.41. The second kappa shape index (κ2) is 7.01. The number of H-pyrrole nitrogens is 1. The van der Waals surface area contributed by atoms with Crippen molar-refractivity contribution in [3.8, 4) is 16.3 Å². The van der Waals surface area contributed by atoms with Gasteiger partial charge in [-0.15, -0.1) is 11.3 Å². The van der Waals surface area contributed by atoms with Gasteiger partial charge >= 0.3 is 0 Å². The number of benzene rings is 2. The van der Waals surface area contributed by atoms with E-state index in [1.54, 1.807) is 24.6 Å². The van der Waals surface area contributed by atoms with Gasteiger partial charge in [0, 0.05) is 39.9 Å². The predicted octanol–water partition coefficient (Wildman–Crippen LogP) is 4.48. The zero-order valence-electron chi connectivity index (χ0n) is 14.2. The molecule has 0 spiro atoms. The zero-order valence-corrected chi connectivity index (χ0v) is 15.0. The van der Waals surface area contributed by atoms with Crippen LogP contribution >= 0.6 is 11.3 Å². The smallest absolute Gasteiger partial charge is 0.228 e. The lowest BCUT2D eigenvalue weighted by molar-refractivity contribution is -0.115. The molecule has 0 saturated heterocycles. The lowest BCUT2D eigenvalue weighted by atomic mass is 10.1. The van der Waals surface area contributed by atoms with Gasteiger partial charge < -0.3 is 15.0 Å². The summed E-state index contributed by atoms with van der Waals surface area (Å²) in [4.78, 5) is 20.0. The number of hydrogen-bond acceptors (Lipinski definition) is 4. The molecule has 1 amide bonds. The average molecular weight is 363 g/mol. The molecule has 0 fully saturated rings. The third kappa shape index (κ3) is 3.32. The van der Waals surface area contributed by atoms with Crippen molar-refractivity contribution in [3.05, 3.63) is 65.8 Å². The van der Waals surface area contributed by atoms with Crippen LogP contribution in [0.3, 0.4) is 0 Å². The Morgan fingerprint density at radius 2 is 2.19 bits per heavy atom. The Bertz CT molecular complexity index is 1050. The number of ether oxygens (including phenoxy) is 1. The molecule has 4 rings (SSSR count). The lowest BCUT2D eigenvalue weighted by Crippen LogP contribution is -2.14. The highest BCUT2D eigenvalue weighted by Gasteiger charge is 2.11. The number of aromatic amines is 1. The third-order valence-electron chi connectivity index (χ3n) is 4.15. The second-order valence-corrected chi connectivity index (χ2v) is 6.76. The van der Waals surface area contributed by atoms with E-state index in [4.69, 9.17) is 4.74 Å². The number of nitrogens with one attached hydrogen (secondary N) is 2. The molecule has 130 valence electrons. The van der Waals surface area contributed by atoms with Gasteiger partial charge in [0.05, 0.1) is 13.5 Å². The number of aromatic nitrogens is 2. The molecule has 4 aromatic rings. The summed E-state index contributed by atoms with van der Waals surface area (Å²) in [6.45, 7) is 0. The minimum atomic E-state index is -0.0648. The van der Waals surface area contributed by atoms with Crippen molar-refractivity contribution >= 4 is 33.8 Å². The van der Waals surface area contributed by atoms with Gasteiger partial charge in [-0.3, -0.25) is 4.79 Å². The maximum absolute atomic E-state index is 12.5. The van der Waals surface area contributed by atoms with Crippen LogP contribution in [0.1, 0.15) is 5.56 Å². The largest absolute Gasteiger partial charge is 0.497 e. The molecule has 2 aromatic heterocycles. The van der Waals surface area contributed by atoms with Crippen molar-refractivity contribution in [2.45, 2.75) is 6.42 Å². The maximum Gasteiger partial charge on any atom is 0.228 e. The van der Waals surface area contributed by atoms with Crippen LogP contribution in [-0.4, -0.2) is 23.0 Å². The SMILES string of the molecule is COc1ccc2[nH]cc(CC(=O)Nc3cccc(-c4nccs4)c3)c2c1. The summed E-state index contributed by atoms with van der Waals surface area (Å²) in [6, 6.07) is 13.5. The Labute approximate surface area is 154 Å². The van der Waals surface area contributed by atoms with Crippen LogP contribution in [0.4, 0.5) is 5.69 Å². The van der Waals surface area contributed by atoms with E-state index < -0.39 is 0 Å². The van der Waals surface area contributed by atoms with Crippen molar-refractivity contribution in [2.75, 3.05) is 12.4 Å². The number of methoxy groups -OCH3 is 1. The van der Waals surface area contributed by atoms with Gasteiger partial charge in [-0.25, -0.2) is 4.98 Å². The number of carbonyl (C=O) groups is 1. The summed E-state index contributed by atoms with van der Waals surface area (Å²) in [5.74, 6) is 0.708. The van der Waals surface area contributed by atoms with Crippen LogP contribution in [0.5, 0.6) is 5.75 Å². The summed E-state index contributed by atoms with van der Waals surface area (Å²) in [5.41, 5.74) is 3.68. The first-order valence-corrected chi connectivity index (χ1v) is 9.04. The molecule has 0 aliphatic heterocycles. The number of anilines is 1. The summed E-state index contributed by atoms with van der Waals surface area (Å²) in [5, 5.41) is 6.84. The van der Waals surface area contributed by atoms with E-state index in [9.17, 15) is 4.79 Å². The topological polar surface area (TPSA) is 67.0 Å². The van der Waals surface area contributed by atoms with Gasteiger partial charge in [0.15, 0.2) is 0 Å². The van der Waals surface area contributed by atoms with Crippen LogP contribution in [0, 0.1) is 0 Å². The van der Waals surface area contributed by atoms with Crippen LogP contribution in [0.25, 0.3) is 21.5 Å². The number of carbonyl (C=O) groups excluding carboxylic acids is 1. The second-order valence-electron chi connectivity index (χ2n) is 5.87. The molecule has 0 bridgehead atoms. The first kappa shape index (κ1) is 16.4. The number of thiazole rings is 1. The van der Waals surface area contributed by atoms with E-state index in [0.717, 1.165) is 38.5 Å². The van der Waals surface area contributed by atoms with Gasteiger partial charge in [-0.2, -0.15) is 0 Å². The highest BCUT2D eigenvalue weighted by atomic mass is 32.1. The van der Waals surface area contributed by atoms with Gasteiger partial charge in [0.1, 0.15) is 10.8 Å². The minimum absolute atomic E-state index is 0.0648. The van der Waals surface area contributed by atoms with Crippen LogP contribution in [-0.2, 0) is 11.2 Å². The van der Waals surface area contributed by atoms with E-state index in [1.807, 2.05) is 54.0 Å². The molecule has 0 aliphatic carbocycles. The molecular formula is C20H17N3O2S. The zero-order chi connectivity index (χ0) is 17.9. The summed E-state index contributed by atoms with van der Waals surface area (Å²) < 4.78 is 5.28. The molecule has 2 N–H and O–H groups in total. The van der Waals surface area contributed by atoms with Gasteiger partial charge in [0.2, 0.25) is 5.91 Å². The molecule has 5 nitrogen and oxygen atoms in total. The van der Waals surface area contributed by atoms with Crippen molar-refractivity contribution in [2.24, 2.45) is 0 Å². The van der Waals surface area contributed by atoms with E-state index in [0.29, 0.717) is 0 Å². The van der Waals surface area contributed by atoms with Gasteiger partial charge in [-0.05, 0) is 35.9 Å². The van der Waals surface area contributed by atoms with E-state index in [2.05, 4.69) is 15.3 Å². The molecule has 0 saturated carbocycles.